The van der Waals surface area contributed by atoms with Crippen LogP contribution >= 0.6 is 11.6 Å². The number of hydrogen-bond acceptors (Lipinski definition) is 2. The molecule has 0 saturated heterocycles. The maximum atomic E-state index is 11.2. The molecule has 3 nitrogen and oxygen atoms in total. The summed E-state index contributed by atoms with van der Waals surface area (Å²) in [6.07, 6.45) is 3.46. The number of halogens is 1. The Morgan fingerprint density at radius 2 is 2.28 bits per heavy atom. The van der Waals surface area contributed by atoms with Crippen LogP contribution in [0.2, 0.25) is 5.02 Å². The third kappa shape index (κ3) is 2.78. The largest absolute Gasteiger partial charge is 0.496 e. The second-order valence-corrected chi connectivity index (χ2v) is 5.23. The maximum absolute atomic E-state index is 11.2. The van der Waals surface area contributed by atoms with Crippen LogP contribution in [0.3, 0.4) is 0 Å². The van der Waals surface area contributed by atoms with E-state index >= 15 is 0 Å². The molecule has 0 heterocycles. The number of methoxy groups -OCH3 is 1. The molecule has 2 unspecified atom stereocenters. The molecular formula is C14H17ClO3. The fraction of sp³-hybridized carbons (Fsp3) is 0.500. The lowest BCUT2D eigenvalue weighted by molar-refractivity contribution is -0.142. The number of ether oxygens (including phenoxy) is 1. The van der Waals surface area contributed by atoms with Crippen molar-refractivity contribution < 1.29 is 14.6 Å². The van der Waals surface area contributed by atoms with E-state index in [1.54, 1.807) is 13.2 Å². The van der Waals surface area contributed by atoms with Crippen LogP contribution in [-0.4, -0.2) is 18.2 Å². The second kappa shape index (κ2) is 5.61. The van der Waals surface area contributed by atoms with Gasteiger partial charge < -0.3 is 9.84 Å². The second-order valence-electron chi connectivity index (χ2n) is 4.80. The van der Waals surface area contributed by atoms with E-state index in [1.807, 2.05) is 12.1 Å². The highest BCUT2D eigenvalue weighted by Crippen LogP contribution is 2.36. The maximum Gasteiger partial charge on any atom is 0.306 e. The van der Waals surface area contributed by atoms with E-state index in [-0.39, 0.29) is 11.8 Å². The zero-order chi connectivity index (χ0) is 13.1. The molecule has 1 fully saturated rings. The van der Waals surface area contributed by atoms with Gasteiger partial charge in [-0.1, -0.05) is 18.0 Å². The molecule has 1 aromatic carbocycles. The predicted molar refractivity (Wildman–Crippen MR) is 70.2 cm³/mol. The summed E-state index contributed by atoms with van der Waals surface area (Å²) in [5.41, 5.74) is 1.00. The van der Waals surface area contributed by atoms with E-state index in [2.05, 4.69) is 0 Å². The van der Waals surface area contributed by atoms with Gasteiger partial charge in [0.15, 0.2) is 0 Å². The Morgan fingerprint density at radius 3 is 2.94 bits per heavy atom. The summed E-state index contributed by atoms with van der Waals surface area (Å²) in [5.74, 6) is 0.0671. The fourth-order valence-corrected chi connectivity index (χ4v) is 2.99. The molecular weight excluding hydrogens is 252 g/mol. The quantitative estimate of drug-likeness (QED) is 0.910. The van der Waals surface area contributed by atoms with E-state index in [0.29, 0.717) is 5.02 Å². The van der Waals surface area contributed by atoms with Gasteiger partial charge in [0.2, 0.25) is 0 Å². The molecule has 0 radical (unpaired) electrons. The fourth-order valence-electron chi connectivity index (χ4n) is 2.80. The number of benzene rings is 1. The van der Waals surface area contributed by atoms with Crippen molar-refractivity contribution in [2.45, 2.75) is 25.7 Å². The van der Waals surface area contributed by atoms with Gasteiger partial charge >= 0.3 is 5.97 Å². The van der Waals surface area contributed by atoms with Gasteiger partial charge in [0.25, 0.3) is 0 Å². The Hall–Kier alpha value is -1.22. The first-order chi connectivity index (χ1) is 8.61. The van der Waals surface area contributed by atoms with Crippen molar-refractivity contribution in [2.75, 3.05) is 7.11 Å². The van der Waals surface area contributed by atoms with Crippen molar-refractivity contribution in [1.29, 1.82) is 0 Å². The Morgan fingerprint density at radius 1 is 1.50 bits per heavy atom. The van der Waals surface area contributed by atoms with E-state index < -0.39 is 5.97 Å². The topological polar surface area (TPSA) is 46.5 Å². The number of carboxylic acid groups (broad SMARTS) is 1. The summed E-state index contributed by atoms with van der Waals surface area (Å²) in [6.45, 7) is 0. The first kappa shape index (κ1) is 13.2. The van der Waals surface area contributed by atoms with Crippen LogP contribution < -0.4 is 4.74 Å². The summed E-state index contributed by atoms with van der Waals surface area (Å²) in [5, 5.41) is 9.85. The average Bonchev–Trinajstić information content (AvgIpc) is 2.77. The smallest absolute Gasteiger partial charge is 0.306 e. The van der Waals surface area contributed by atoms with Crippen LogP contribution in [0.15, 0.2) is 18.2 Å². The number of rotatable bonds is 4. The van der Waals surface area contributed by atoms with Crippen LogP contribution in [0.4, 0.5) is 0 Å². The molecule has 2 atom stereocenters. The molecule has 1 saturated carbocycles. The summed E-state index contributed by atoms with van der Waals surface area (Å²) in [7, 11) is 1.62. The molecule has 1 aliphatic carbocycles. The van der Waals surface area contributed by atoms with Crippen molar-refractivity contribution in [3.05, 3.63) is 28.8 Å². The summed E-state index contributed by atoms with van der Waals surface area (Å²) >= 11 is 5.99. The van der Waals surface area contributed by atoms with Crippen LogP contribution in [0, 0.1) is 11.8 Å². The number of aliphatic carboxylic acids is 1. The zero-order valence-electron chi connectivity index (χ0n) is 10.4. The first-order valence-electron chi connectivity index (χ1n) is 6.17. The molecule has 0 bridgehead atoms. The van der Waals surface area contributed by atoms with Gasteiger partial charge in [-0.3, -0.25) is 4.79 Å². The monoisotopic (exact) mass is 268 g/mol. The van der Waals surface area contributed by atoms with Crippen molar-refractivity contribution in [2.24, 2.45) is 11.8 Å². The molecule has 4 heteroatoms. The predicted octanol–water partition coefficient (Wildman–Crippen LogP) is 3.39. The van der Waals surface area contributed by atoms with Gasteiger partial charge in [-0.25, -0.2) is 0 Å². The molecule has 1 aliphatic rings. The van der Waals surface area contributed by atoms with Crippen molar-refractivity contribution >= 4 is 17.6 Å². The standard InChI is InChI=1S/C14H17ClO3/c1-18-13-6-5-11(15)8-10(13)7-9-3-2-4-12(9)14(16)17/h5-6,8-9,12H,2-4,7H2,1H3,(H,16,17). The normalized spacial score (nSPS) is 23.0. The highest BCUT2D eigenvalue weighted by Gasteiger charge is 2.33. The van der Waals surface area contributed by atoms with Crippen LogP contribution in [0.25, 0.3) is 0 Å². The molecule has 1 N–H and O–H groups in total. The van der Waals surface area contributed by atoms with Crippen molar-refractivity contribution in [3.63, 3.8) is 0 Å². The minimum Gasteiger partial charge on any atom is -0.496 e. The lowest BCUT2D eigenvalue weighted by Crippen LogP contribution is -2.20. The van der Waals surface area contributed by atoms with Gasteiger partial charge in [0.05, 0.1) is 13.0 Å². The third-order valence-corrected chi connectivity index (χ3v) is 3.94. The number of carbonyl (C=O) groups is 1. The zero-order valence-corrected chi connectivity index (χ0v) is 11.1. The SMILES string of the molecule is COc1ccc(Cl)cc1CC1CCCC1C(=O)O. The van der Waals surface area contributed by atoms with Crippen molar-refractivity contribution in [3.8, 4) is 5.75 Å². The van der Waals surface area contributed by atoms with Crippen LogP contribution in [-0.2, 0) is 11.2 Å². The molecule has 0 amide bonds. The molecule has 0 spiro atoms. The minimum absolute atomic E-state index is 0.190. The van der Waals surface area contributed by atoms with E-state index in [0.717, 1.165) is 37.0 Å². The average molecular weight is 269 g/mol. The van der Waals surface area contributed by atoms with Gasteiger partial charge in [-0.2, -0.15) is 0 Å². The third-order valence-electron chi connectivity index (χ3n) is 3.70. The Labute approximate surface area is 112 Å². The van der Waals surface area contributed by atoms with Crippen LogP contribution in [0.5, 0.6) is 5.75 Å². The minimum atomic E-state index is -0.682. The summed E-state index contributed by atoms with van der Waals surface area (Å²) in [4.78, 5) is 11.2. The summed E-state index contributed by atoms with van der Waals surface area (Å²) < 4.78 is 5.30. The van der Waals surface area contributed by atoms with Gasteiger partial charge in [-0.05, 0) is 48.9 Å². The first-order valence-corrected chi connectivity index (χ1v) is 6.55. The number of hydrogen-bond donors (Lipinski definition) is 1. The lowest BCUT2D eigenvalue weighted by atomic mass is 9.89. The Kier molecular flexibility index (Phi) is 4.12. The number of carboxylic acids is 1. The van der Waals surface area contributed by atoms with E-state index in [9.17, 15) is 9.90 Å². The molecule has 1 aromatic rings. The van der Waals surface area contributed by atoms with E-state index in [1.165, 1.54) is 0 Å². The molecule has 2 rings (SSSR count). The van der Waals surface area contributed by atoms with Gasteiger partial charge in [0.1, 0.15) is 5.75 Å². The Balaban J connectivity index is 2.18. The van der Waals surface area contributed by atoms with Crippen LogP contribution in [0.1, 0.15) is 24.8 Å². The van der Waals surface area contributed by atoms with Crippen molar-refractivity contribution in [1.82, 2.24) is 0 Å². The van der Waals surface area contributed by atoms with Gasteiger partial charge in [-0.15, -0.1) is 0 Å². The lowest BCUT2D eigenvalue weighted by Gasteiger charge is -2.17. The highest BCUT2D eigenvalue weighted by atomic mass is 35.5. The molecule has 18 heavy (non-hydrogen) atoms. The summed E-state index contributed by atoms with van der Waals surface area (Å²) in [6, 6.07) is 5.49. The highest BCUT2D eigenvalue weighted by molar-refractivity contribution is 6.30. The molecule has 98 valence electrons. The molecule has 0 aliphatic heterocycles. The van der Waals surface area contributed by atoms with E-state index in [4.69, 9.17) is 16.3 Å². The van der Waals surface area contributed by atoms with Gasteiger partial charge in [0, 0.05) is 5.02 Å². The Bertz CT molecular complexity index is 445. The molecule has 0 aromatic heterocycles.